The molecule has 0 fully saturated rings. The third-order valence-corrected chi connectivity index (χ3v) is 0.691. The molecule has 0 aromatic rings. The Morgan fingerprint density at radius 3 is 2.14 bits per heavy atom. The van der Waals surface area contributed by atoms with Gasteiger partial charge < -0.3 is 15.6 Å². The summed E-state index contributed by atoms with van der Waals surface area (Å²) in [5, 5.41) is 8.59. The highest BCUT2D eigenvalue weighted by molar-refractivity contribution is 4.52. The SMILES string of the molecule is COC(O)[C@H](C)N. The summed E-state index contributed by atoms with van der Waals surface area (Å²) in [5.41, 5.74) is 5.17. The van der Waals surface area contributed by atoms with E-state index in [1.807, 2.05) is 0 Å². The van der Waals surface area contributed by atoms with Crippen LogP contribution < -0.4 is 5.73 Å². The number of aliphatic hydroxyl groups excluding tert-OH is 1. The minimum absolute atomic E-state index is 0.301. The van der Waals surface area contributed by atoms with Crippen LogP contribution in [0.2, 0.25) is 0 Å². The van der Waals surface area contributed by atoms with E-state index in [0.29, 0.717) is 0 Å². The van der Waals surface area contributed by atoms with Gasteiger partial charge in [0.2, 0.25) is 0 Å². The maximum atomic E-state index is 8.59. The predicted molar refractivity (Wildman–Crippen MR) is 26.7 cm³/mol. The average Bonchev–Trinajstić information content (AvgIpc) is 1.65. The molecule has 0 radical (unpaired) electrons. The zero-order valence-corrected chi connectivity index (χ0v) is 4.59. The normalized spacial score (nSPS) is 18.9. The molecule has 3 heteroatoms. The summed E-state index contributed by atoms with van der Waals surface area (Å²) in [4.78, 5) is 0. The molecule has 0 saturated heterocycles. The largest absolute Gasteiger partial charge is 0.367 e. The predicted octanol–water partition coefficient (Wildman–Crippen LogP) is -0.702. The zero-order chi connectivity index (χ0) is 5.86. The Morgan fingerprint density at radius 2 is 2.14 bits per heavy atom. The van der Waals surface area contributed by atoms with Crippen LogP contribution in [-0.2, 0) is 4.74 Å². The first kappa shape index (κ1) is 6.88. The lowest BCUT2D eigenvalue weighted by atomic mass is 10.4. The van der Waals surface area contributed by atoms with Crippen molar-refractivity contribution in [3.05, 3.63) is 0 Å². The van der Waals surface area contributed by atoms with E-state index in [-0.39, 0.29) is 6.04 Å². The molecule has 7 heavy (non-hydrogen) atoms. The number of methoxy groups -OCH3 is 1. The van der Waals surface area contributed by atoms with Gasteiger partial charge in [-0.3, -0.25) is 0 Å². The van der Waals surface area contributed by atoms with Gasteiger partial charge in [-0.25, -0.2) is 0 Å². The number of ether oxygens (including phenoxy) is 1. The van der Waals surface area contributed by atoms with Crippen molar-refractivity contribution >= 4 is 0 Å². The standard InChI is InChI=1S/C4H11NO2/c1-3(5)4(6)7-2/h3-4,6H,5H2,1-2H3/t3-,4?/m0/s1. The number of rotatable bonds is 2. The van der Waals surface area contributed by atoms with Crippen molar-refractivity contribution in [2.45, 2.75) is 19.3 Å². The Balaban J connectivity index is 3.14. The summed E-state index contributed by atoms with van der Waals surface area (Å²) in [6.45, 7) is 1.67. The van der Waals surface area contributed by atoms with Crippen LogP contribution in [0.15, 0.2) is 0 Å². The Hall–Kier alpha value is -0.120. The van der Waals surface area contributed by atoms with Crippen LogP contribution in [0.5, 0.6) is 0 Å². The summed E-state index contributed by atoms with van der Waals surface area (Å²) in [6, 6.07) is -0.301. The van der Waals surface area contributed by atoms with Gasteiger partial charge in [0, 0.05) is 7.11 Å². The minimum Gasteiger partial charge on any atom is -0.367 e. The number of nitrogens with two attached hydrogens (primary N) is 1. The van der Waals surface area contributed by atoms with Crippen molar-refractivity contribution in [1.82, 2.24) is 0 Å². The van der Waals surface area contributed by atoms with Gasteiger partial charge in [0.15, 0.2) is 6.29 Å². The molecular formula is C4H11NO2. The molecule has 0 saturated carbocycles. The van der Waals surface area contributed by atoms with Crippen LogP contribution in [0.25, 0.3) is 0 Å². The maximum Gasteiger partial charge on any atom is 0.169 e. The van der Waals surface area contributed by atoms with Crippen LogP contribution in [0.4, 0.5) is 0 Å². The van der Waals surface area contributed by atoms with Crippen LogP contribution in [0, 0.1) is 0 Å². The first-order chi connectivity index (χ1) is 3.18. The van der Waals surface area contributed by atoms with Gasteiger partial charge in [-0.05, 0) is 6.92 Å². The number of aliphatic hydroxyl groups is 1. The van der Waals surface area contributed by atoms with Gasteiger partial charge in [-0.2, -0.15) is 0 Å². The zero-order valence-electron chi connectivity index (χ0n) is 4.59. The third kappa shape index (κ3) is 2.56. The summed E-state index contributed by atoms with van der Waals surface area (Å²) in [6.07, 6.45) is -0.819. The highest BCUT2D eigenvalue weighted by Gasteiger charge is 2.04. The van der Waals surface area contributed by atoms with Crippen molar-refractivity contribution in [2.75, 3.05) is 7.11 Å². The second kappa shape index (κ2) is 2.96. The molecule has 0 aromatic heterocycles. The van der Waals surface area contributed by atoms with E-state index in [4.69, 9.17) is 10.8 Å². The Bertz CT molecular complexity index is 47.0. The summed E-state index contributed by atoms with van der Waals surface area (Å²) in [7, 11) is 1.41. The van der Waals surface area contributed by atoms with Crippen LogP contribution >= 0.6 is 0 Å². The average molecular weight is 105 g/mol. The molecule has 0 aliphatic carbocycles. The molecule has 3 nitrogen and oxygen atoms in total. The summed E-state index contributed by atoms with van der Waals surface area (Å²) in [5.74, 6) is 0. The van der Waals surface area contributed by atoms with Gasteiger partial charge in [0.1, 0.15) is 0 Å². The van der Waals surface area contributed by atoms with Crippen LogP contribution in [0.1, 0.15) is 6.92 Å². The third-order valence-electron chi connectivity index (χ3n) is 0.691. The molecule has 0 rings (SSSR count). The van der Waals surface area contributed by atoms with E-state index in [1.165, 1.54) is 7.11 Å². The molecule has 0 aliphatic rings. The van der Waals surface area contributed by atoms with Crippen LogP contribution in [-0.4, -0.2) is 24.5 Å². The van der Waals surface area contributed by atoms with E-state index < -0.39 is 6.29 Å². The van der Waals surface area contributed by atoms with Crippen molar-refractivity contribution in [3.8, 4) is 0 Å². The Labute approximate surface area is 43.1 Å². The lowest BCUT2D eigenvalue weighted by Crippen LogP contribution is -2.32. The molecule has 0 aromatic carbocycles. The number of hydrogen-bond donors (Lipinski definition) is 2. The van der Waals surface area contributed by atoms with Crippen molar-refractivity contribution in [2.24, 2.45) is 5.73 Å². The van der Waals surface area contributed by atoms with E-state index >= 15 is 0 Å². The topological polar surface area (TPSA) is 55.5 Å². The molecule has 2 atom stereocenters. The molecule has 0 amide bonds. The van der Waals surface area contributed by atoms with Crippen molar-refractivity contribution < 1.29 is 9.84 Å². The maximum absolute atomic E-state index is 8.59. The van der Waals surface area contributed by atoms with Gasteiger partial charge in [0.05, 0.1) is 6.04 Å². The molecular weight excluding hydrogens is 94.0 g/mol. The van der Waals surface area contributed by atoms with E-state index in [2.05, 4.69) is 4.74 Å². The smallest absolute Gasteiger partial charge is 0.169 e. The summed E-state index contributed by atoms with van der Waals surface area (Å²) >= 11 is 0. The van der Waals surface area contributed by atoms with Gasteiger partial charge >= 0.3 is 0 Å². The molecule has 1 unspecified atom stereocenters. The first-order valence-corrected chi connectivity index (χ1v) is 2.15. The first-order valence-electron chi connectivity index (χ1n) is 2.15. The number of hydrogen-bond acceptors (Lipinski definition) is 3. The fourth-order valence-corrected chi connectivity index (χ4v) is 0.215. The molecule has 0 heterocycles. The Morgan fingerprint density at radius 1 is 1.71 bits per heavy atom. The van der Waals surface area contributed by atoms with Gasteiger partial charge in [-0.1, -0.05) is 0 Å². The Kier molecular flexibility index (Phi) is 2.91. The molecule has 0 aliphatic heterocycles. The van der Waals surface area contributed by atoms with E-state index in [0.717, 1.165) is 0 Å². The van der Waals surface area contributed by atoms with E-state index in [9.17, 15) is 0 Å². The second-order valence-electron chi connectivity index (χ2n) is 1.49. The quantitative estimate of drug-likeness (QED) is 0.456. The van der Waals surface area contributed by atoms with Crippen molar-refractivity contribution in [3.63, 3.8) is 0 Å². The lowest BCUT2D eigenvalue weighted by molar-refractivity contribution is -0.0856. The highest BCUT2D eigenvalue weighted by atomic mass is 16.6. The highest BCUT2D eigenvalue weighted by Crippen LogP contribution is 1.85. The lowest BCUT2D eigenvalue weighted by Gasteiger charge is -2.10. The molecule has 0 spiro atoms. The van der Waals surface area contributed by atoms with Crippen LogP contribution in [0.3, 0.4) is 0 Å². The van der Waals surface area contributed by atoms with Crippen molar-refractivity contribution in [1.29, 1.82) is 0 Å². The minimum atomic E-state index is -0.819. The fourth-order valence-electron chi connectivity index (χ4n) is 0.215. The molecule has 44 valence electrons. The van der Waals surface area contributed by atoms with Gasteiger partial charge in [-0.15, -0.1) is 0 Å². The molecule has 3 N–H and O–H groups in total. The van der Waals surface area contributed by atoms with Gasteiger partial charge in [0.25, 0.3) is 0 Å². The molecule has 0 bridgehead atoms. The monoisotopic (exact) mass is 105 g/mol. The fraction of sp³-hybridized carbons (Fsp3) is 1.00. The van der Waals surface area contributed by atoms with E-state index in [1.54, 1.807) is 6.92 Å². The summed E-state index contributed by atoms with van der Waals surface area (Å²) < 4.78 is 4.44. The second-order valence-corrected chi connectivity index (χ2v) is 1.49.